The maximum atomic E-state index is 4.50. The number of nitrogens with zero attached hydrogens (tertiary/aromatic N) is 2. The van der Waals surface area contributed by atoms with Crippen LogP contribution in [0.2, 0.25) is 0 Å². The van der Waals surface area contributed by atoms with Gasteiger partial charge in [-0.3, -0.25) is 4.99 Å². The van der Waals surface area contributed by atoms with Gasteiger partial charge >= 0.3 is 0 Å². The van der Waals surface area contributed by atoms with Crippen LogP contribution in [0.25, 0.3) is 0 Å². The average Bonchev–Trinajstić information content (AvgIpc) is 1.98. The van der Waals surface area contributed by atoms with Gasteiger partial charge in [-0.2, -0.15) is 0 Å². The van der Waals surface area contributed by atoms with Gasteiger partial charge in [-0.15, -0.1) is 0 Å². The summed E-state index contributed by atoms with van der Waals surface area (Å²) < 4.78 is 0. The molecule has 0 aliphatic heterocycles. The van der Waals surface area contributed by atoms with E-state index in [1.54, 1.807) is 0 Å². The van der Waals surface area contributed by atoms with E-state index in [4.69, 9.17) is 0 Å². The summed E-state index contributed by atoms with van der Waals surface area (Å²) in [4.78, 5) is 6.70. The second kappa shape index (κ2) is 6.82. The van der Waals surface area contributed by atoms with Crippen molar-refractivity contribution in [2.75, 3.05) is 27.2 Å². The van der Waals surface area contributed by atoms with E-state index in [9.17, 15) is 0 Å². The lowest BCUT2D eigenvalue weighted by Crippen LogP contribution is -2.29. The van der Waals surface area contributed by atoms with Crippen molar-refractivity contribution in [3.8, 4) is 0 Å². The molecule has 0 aromatic carbocycles. The Morgan fingerprint density at radius 1 is 1.29 bits per heavy atom. The molecule has 0 aromatic heterocycles. The van der Waals surface area contributed by atoms with Gasteiger partial charge in [0.1, 0.15) is 0 Å². The maximum absolute atomic E-state index is 4.50. The first-order valence-corrected chi connectivity index (χ1v) is 5.34. The summed E-state index contributed by atoms with van der Waals surface area (Å²) >= 11 is 0. The summed E-state index contributed by atoms with van der Waals surface area (Å²) in [5, 5.41) is 3.29. The van der Waals surface area contributed by atoms with Crippen LogP contribution in [0, 0.1) is 5.92 Å². The van der Waals surface area contributed by atoms with Gasteiger partial charge in [0, 0.05) is 19.1 Å². The number of rotatable bonds is 5. The largest absolute Gasteiger partial charge is 0.372 e. The number of nitrogens with one attached hydrogen (secondary N) is 1. The monoisotopic (exact) mass is 199 g/mol. The van der Waals surface area contributed by atoms with Crippen LogP contribution in [0.5, 0.6) is 0 Å². The Morgan fingerprint density at radius 2 is 1.86 bits per heavy atom. The van der Waals surface area contributed by atoms with Crippen LogP contribution in [-0.4, -0.2) is 44.0 Å². The number of amidine groups is 1. The Hall–Kier alpha value is -0.570. The Kier molecular flexibility index (Phi) is 6.54. The molecule has 0 heterocycles. The van der Waals surface area contributed by atoms with Crippen LogP contribution in [0.15, 0.2) is 4.99 Å². The lowest BCUT2D eigenvalue weighted by molar-refractivity contribution is 0.344. The molecule has 14 heavy (non-hydrogen) atoms. The van der Waals surface area contributed by atoms with Crippen molar-refractivity contribution < 1.29 is 0 Å². The molecule has 0 aliphatic rings. The number of hydrogen-bond acceptors (Lipinski definition) is 2. The van der Waals surface area contributed by atoms with Crippen molar-refractivity contribution >= 4 is 5.84 Å². The molecule has 3 nitrogen and oxygen atoms in total. The first-order chi connectivity index (χ1) is 6.41. The predicted molar refractivity (Wildman–Crippen MR) is 64.0 cm³/mol. The second-order valence-electron chi connectivity index (χ2n) is 4.59. The van der Waals surface area contributed by atoms with E-state index >= 15 is 0 Å². The van der Waals surface area contributed by atoms with Crippen LogP contribution in [0.3, 0.4) is 0 Å². The summed E-state index contributed by atoms with van der Waals surface area (Å²) in [6, 6.07) is 0.475. The first kappa shape index (κ1) is 13.4. The molecule has 3 heteroatoms. The van der Waals surface area contributed by atoms with Crippen LogP contribution in [0.4, 0.5) is 0 Å². The van der Waals surface area contributed by atoms with Crippen molar-refractivity contribution in [3.63, 3.8) is 0 Å². The SMILES string of the molecule is CC(=NCC(C)CN(C)C)NC(C)C. The Bertz CT molecular complexity index is 173. The minimum atomic E-state index is 0.475. The van der Waals surface area contributed by atoms with Crippen LogP contribution in [-0.2, 0) is 0 Å². The second-order valence-corrected chi connectivity index (χ2v) is 4.59. The van der Waals surface area contributed by atoms with Gasteiger partial charge in [0.2, 0.25) is 0 Å². The van der Waals surface area contributed by atoms with Crippen molar-refractivity contribution in [2.45, 2.75) is 33.7 Å². The Balaban J connectivity index is 3.77. The standard InChI is InChI=1S/C11H25N3/c1-9(2)13-11(4)12-7-10(3)8-14(5)6/h9-10H,7-8H2,1-6H3,(H,12,13). The first-order valence-electron chi connectivity index (χ1n) is 5.34. The van der Waals surface area contributed by atoms with Gasteiger partial charge in [0.15, 0.2) is 0 Å². The Morgan fingerprint density at radius 3 is 2.29 bits per heavy atom. The smallest absolute Gasteiger partial charge is 0.0933 e. The molecule has 0 spiro atoms. The molecule has 84 valence electrons. The molecular weight excluding hydrogens is 174 g/mol. The van der Waals surface area contributed by atoms with Gasteiger partial charge in [-0.1, -0.05) is 6.92 Å². The molecule has 0 radical (unpaired) electrons. The highest BCUT2D eigenvalue weighted by Gasteiger charge is 2.02. The normalized spacial score (nSPS) is 15.0. The Labute approximate surface area is 88.6 Å². The number of aliphatic imine (C=N–C) groups is 1. The van der Waals surface area contributed by atoms with E-state index in [2.05, 4.69) is 50.1 Å². The van der Waals surface area contributed by atoms with Crippen LogP contribution in [0.1, 0.15) is 27.7 Å². The minimum absolute atomic E-state index is 0.475. The molecule has 0 bridgehead atoms. The molecule has 1 unspecified atom stereocenters. The predicted octanol–water partition coefficient (Wildman–Crippen LogP) is 1.60. The molecule has 0 saturated heterocycles. The van der Waals surface area contributed by atoms with Gasteiger partial charge in [-0.05, 0) is 40.8 Å². The van der Waals surface area contributed by atoms with Crippen molar-refractivity contribution in [2.24, 2.45) is 10.9 Å². The van der Waals surface area contributed by atoms with Crippen molar-refractivity contribution in [1.29, 1.82) is 0 Å². The van der Waals surface area contributed by atoms with E-state index < -0.39 is 0 Å². The third-order valence-electron chi connectivity index (χ3n) is 1.81. The molecule has 1 N–H and O–H groups in total. The van der Waals surface area contributed by atoms with E-state index in [0.29, 0.717) is 12.0 Å². The van der Waals surface area contributed by atoms with E-state index in [1.807, 2.05) is 6.92 Å². The fraction of sp³-hybridized carbons (Fsp3) is 0.909. The highest BCUT2D eigenvalue weighted by Crippen LogP contribution is 1.97. The highest BCUT2D eigenvalue weighted by molar-refractivity contribution is 5.79. The van der Waals surface area contributed by atoms with Crippen LogP contribution < -0.4 is 5.32 Å². The van der Waals surface area contributed by atoms with Crippen molar-refractivity contribution in [1.82, 2.24) is 10.2 Å². The average molecular weight is 199 g/mol. The summed E-state index contributed by atoms with van der Waals surface area (Å²) in [6.07, 6.45) is 0. The van der Waals surface area contributed by atoms with E-state index in [0.717, 1.165) is 18.9 Å². The minimum Gasteiger partial charge on any atom is -0.372 e. The van der Waals surface area contributed by atoms with Gasteiger partial charge in [-0.25, -0.2) is 0 Å². The molecule has 0 aromatic rings. The van der Waals surface area contributed by atoms with E-state index in [-0.39, 0.29) is 0 Å². The van der Waals surface area contributed by atoms with Gasteiger partial charge < -0.3 is 10.2 Å². The van der Waals surface area contributed by atoms with Crippen LogP contribution >= 0.6 is 0 Å². The zero-order valence-corrected chi connectivity index (χ0v) is 10.5. The fourth-order valence-electron chi connectivity index (χ4n) is 1.44. The fourth-order valence-corrected chi connectivity index (χ4v) is 1.44. The zero-order chi connectivity index (χ0) is 11.1. The molecule has 0 amide bonds. The summed E-state index contributed by atoms with van der Waals surface area (Å²) in [5.74, 6) is 1.67. The zero-order valence-electron chi connectivity index (χ0n) is 10.5. The summed E-state index contributed by atoms with van der Waals surface area (Å²) in [7, 11) is 4.19. The molecule has 0 aliphatic carbocycles. The summed E-state index contributed by atoms with van der Waals surface area (Å²) in [5.41, 5.74) is 0. The van der Waals surface area contributed by atoms with Gasteiger partial charge in [0.25, 0.3) is 0 Å². The molecule has 0 rings (SSSR count). The molecule has 0 fully saturated rings. The molecule has 0 saturated carbocycles. The summed E-state index contributed by atoms with van der Waals surface area (Å²) in [6.45, 7) is 10.5. The third kappa shape index (κ3) is 8.05. The highest BCUT2D eigenvalue weighted by atomic mass is 15.1. The quantitative estimate of drug-likeness (QED) is 0.538. The lowest BCUT2D eigenvalue weighted by Gasteiger charge is -2.15. The number of hydrogen-bond donors (Lipinski definition) is 1. The van der Waals surface area contributed by atoms with Crippen molar-refractivity contribution in [3.05, 3.63) is 0 Å². The van der Waals surface area contributed by atoms with Gasteiger partial charge in [0.05, 0.1) is 5.84 Å². The lowest BCUT2D eigenvalue weighted by atomic mass is 10.2. The topological polar surface area (TPSA) is 27.6 Å². The molecular formula is C11H25N3. The molecule has 1 atom stereocenters. The maximum Gasteiger partial charge on any atom is 0.0933 e. The third-order valence-corrected chi connectivity index (χ3v) is 1.81. The van der Waals surface area contributed by atoms with E-state index in [1.165, 1.54) is 0 Å².